The topological polar surface area (TPSA) is 108 Å². The van der Waals surface area contributed by atoms with E-state index in [0.29, 0.717) is 23.5 Å². The number of rotatable bonds is 5. The summed E-state index contributed by atoms with van der Waals surface area (Å²) in [4.78, 5) is 8.84. The van der Waals surface area contributed by atoms with Gasteiger partial charge in [0.15, 0.2) is 11.5 Å². The first-order valence-corrected chi connectivity index (χ1v) is 8.16. The van der Waals surface area contributed by atoms with E-state index >= 15 is 0 Å². The largest absolute Gasteiger partial charge is 0.493 e. The van der Waals surface area contributed by atoms with E-state index in [1.165, 1.54) is 6.20 Å². The Kier molecular flexibility index (Phi) is 5.29. The van der Waals surface area contributed by atoms with Crippen LogP contribution in [0.1, 0.15) is 18.2 Å². The van der Waals surface area contributed by atoms with Crippen molar-refractivity contribution in [1.29, 1.82) is 0 Å². The summed E-state index contributed by atoms with van der Waals surface area (Å²) in [6.07, 6.45) is 1.43. The second-order valence-electron chi connectivity index (χ2n) is 5.88. The van der Waals surface area contributed by atoms with Gasteiger partial charge in [0.25, 0.3) is 0 Å². The van der Waals surface area contributed by atoms with Gasteiger partial charge in [-0.25, -0.2) is 0 Å². The molecular formula is C17H21BN4O4. The van der Waals surface area contributed by atoms with E-state index in [9.17, 15) is 0 Å². The molecule has 1 atom stereocenters. The van der Waals surface area contributed by atoms with E-state index in [0.717, 1.165) is 22.8 Å². The Labute approximate surface area is 152 Å². The lowest BCUT2D eigenvalue weighted by Gasteiger charge is -2.28. The number of pyridine rings is 1. The molecule has 0 radical (unpaired) electrons. The molecule has 26 heavy (non-hydrogen) atoms. The summed E-state index contributed by atoms with van der Waals surface area (Å²) in [7, 11) is 1.67. The number of anilines is 1. The van der Waals surface area contributed by atoms with Crippen molar-refractivity contribution >= 4 is 24.1 Å². The summed E-state index contributed by atoms with van der Waals surface area (Å²) in [5, 5.41) is 24.9. The number of methoxy groups -OCH3 is 2. The zero-order chi connectivity index (χ0) is 18.7. The maximum atomic E-state index is 9.13. The first-order chi connectivity index (χ1) is 12.5. The highest BCUT2D eigenvalue weighted by Crippen LogP contribution is 2.35. The summed E-state index contributed by atoms with van der Waals surface area (Å²) in [5.74, 6) is 1.99. The molecule has 2 aromatic rings. The fourth-order valence-electron chi connectivity index (χ4n) is 2.72. The first kappa shape index (κ1) is 18.0. The molecule has 8 nitrogen and oxygen atoms in total. The molecule has 2 heterocycles. The molecule has 0 bridgehead atoms. The Bertz CT molecular complexity index is 811. The highest BCUT2D eigenvalue weighted by atomic mass is 16.5. The van der Waals surface area contributed by atoms with Crippen LogP contribution in [0.15, 0.2) is 35.5 Å². The fraction of sp³-hybridized carbons (Fsp3) is 0.294. The lowest BCUT2D eigenvalue weighted by Crippen LogP contribution is -2.43. The number of nitrogens with zero attached hydrogens (tertiary/aromatic N) is 2. The van der Waals surface area contributed by atoms with Gasteiger partial charge in [-0.1, -0.05) is 6.07 Å². The Hall–Kier alpha value is -2.78. The number of hydrogen-bond acceptors (Lipinski definition) is 7. The maximum absolute atomic E-state index is 9.13. The van der Waals surface area contributed by atoms with Crippen molar-refractivity contribution in [3.8, 4) is 11.5 Å². The predicted molar refractivity (Wildman–Crippen MR) is 100 cm³/mol. The highest BCUT2D eigenvalue weighted by molar-refractivity contribution is 6.58. The van der Waals surface area contributed by atoms with Crippen molar-refractivity contribution in [1.82, 2.24) is 10.3 Å². The Balaban J connectivity index is 1.89. The van der Waals surface area contributed by atoms with Crippen molar-refractivity contribution in [3.05, 3.63) is 41.7 Å². The van der Waals surface area contributed by atoms with Gasteiger partial charge in [-0.3, -0.25) is 9.98 Å². The van der Waals surface area contributed by atoms with Gasteiger partial charge < -0.3 is 30.2 Å². The van der Waals surface area contributed by atoms with Crippen LogP contribution in [0.4, 0.5) is 5.69 Å². The lowest BCUT2D eigenvalue weighted by atomic mass is 9.82. The third-order valence-corrected chi connectivity index (χ3v) is 4.05. The standard InChI is InChI=1S/C17H21BN4O4/c1-10-21-14-7-16(26-3)15(25-2)6-13(14)17(22-10)20-9-12-5-4-11(8-19-12)18(23)24/h4-8,10,21,23-24H,9H2,1-3H3,(H,20,22). The molecule has 0 spiro atoms. The summed E-state index contributed by atoms with van der Waals surface area (Å²) < 4.78 is 10.7. The Morgan fingerprint density at radius 2 is 1.88 bits per heavy atom. The van der Waals surface area contributed by atoms with Crippen LogP contribution < -0.4 is 25.6 Å². The molecule has 1 aromatic heterocycles. The number of aliphatic imine (C=N–C) groups is 1. The maximum Gasteiger partial charge on any atom is 0.490 e. The van der Waals surface area contributed by atoms with Crippen LogP contribution >= 0.6 is 0 Å². The van der Waals surface area contributed by atoms with Gasteiger partial charge in [0.05, 0.1) is 38.3 Å². The average molecular weight is 356 g/mol. The van der Waals surface area contributed by atoms with Crippen molar-refractivity contribution in [3.63, 3.8) is 0 Å². The van der Waals surface area contributed by atoms with E-state index in [2.05, 4.69) is 20.6 Å². The van der Waals surface area contributed by atoms with Gasteiger partial charge in [0.2, 0.25) is 0 Å². The van der Waals surface area contributed by atoms with E-state index in [1.54, 1.807) is 26.4 Å². The average Bonchev–Trinajstić information content (AvgIpc) is 2.65. The minimum Gasteiger partial charge on any atom is -0.493 e. The monoisotopic (exact) mass is 356 g/mol. The molecule has 0 saturated carbocycles. The second kappa shape index (κ2) is 7.63. The molecule has 1 aliphatic heterocycles. The van der Waals surface area contributed by atoms with Crippen molar-refractivity contribution in [2.24, 2.45) is 4.99 Å². The molecule has 0 fully saturated rings. The van der Waals surface area contributed by atoms with Crippen LogP contribution in [0, 0.1) is 0 Å². The zero-order valence-corrected chi connectivity index (χ0v) is 14.9. The van der Waals surface area contributed by atoms with Gasteiger partial charge in [0, 0.05) is 23.3 Å². The van der Waals surface area contributed by atoms with E-state index in [-0.39, 0.29) is 6.17 Å². The number of aromatic nitrogens is 1. The Morgan fingerprint density at radius 1 is 1.15 bits per heavy atom. The number of amidine groups is 1. The molecule has 1 unspecified atom stereocenters. The summed E-state index contributed by atoms with van der Waals surface area (Å²) in [6, 6.07) is 7.10. The van der Waals surface area contributed by atoms with Crippen LogP contribution in [-0.4, -0.2) is 48.4 Å². The van der Waals surface area contributed by atoms with Crippen molar-refractivity contribution in [2.45, 2.75) is 19.6 Å². The van der Waals surface area contributed by atoms with Crippen LogP contribution in [-0.2, 0) is 6.54 Å². The van der Waals surface area contributed by atoms with Gasteiger partial charge in [-0.15, -0.1) is 0 Å². The lowest BCUT2D eigenvalue weighted by molar-refractivity contribution is 0.355. The normalized spacial score (nSPS) is 17.1. The summed E-state index contributed by atoms with van der Waals surface area (Å²) in [5.41, 5.74) is 2.84. The second-order valence-corrected chi connectivity index (χ2v) is 5.88. The SMILES string of the molecule is COc1cc2c(cc1OC)C(=NCc1ccc(B(O)O)cn1)NC(C)N2. The number of fused-ring (bicyclic) bond motifs is 1. The molecule has 4 N–H and O–H groups in total. The van der Waals surface area contributed by atoms with Gasteiger partial charge in [-0.2, -0.15) is 0 Å². The van der Waals surface area contributed by atoms with Crippen LogP contribution in [0.3, 0.4) is 0 Å². The fourth-order valence-corrected chi connectivity index (χ4v) is 2.72. The van der Waals surface area contributed by atoms with Gasteiger partial charge in [-0.05, 0) is 19.1 Å². The number of nitrogens with one attached hydrogen (secondary N) is 2. The quantitative estimate of drug-likeness (QED) is 0.562. The molecule has 9 heteroatoms. The predicted octanol–water partition coefficient (Wildman–Crippen LogP) is 0.0865. The highest BCUT2D eigenvalue weighted by Gasteiger charge is 2.22. The van der Waals surface area contributed by atoms with Gasteiger partial charge >= 0.3 is 7.12 Å². The number of benzene rings is 1. The third kappa shape index (κ3) is 3.73. The number of hydrogen-bond donors (Lipinski definition) is 4. The van der Waals surface area contributed by atoms with Crippen LogP contribution in [0.2, 0.25) is 0 Å². The van der Waals surface area contributed by atoms with Crippen molar-refractivity contribution < 1.29 is 19.5 Å². The third-order valence-electron chi connectivity index (χ3n) is 4.05. The number of ether oxygens (including phenoxy) is 2. The molecule has 1 aromatic carbocycles. The van der Waals surface area contributed by atoms with E-state index in [1.807, 2.05) is 19.1 Å². The molecule has 136 valence electrons. The van der Waals surface area contributed by atoms with E-state index in [4.69, 9.17) is 19.5 Å². The van der Waals surface area contributed by atoms with E-state index < -0.39 is 7.12 Å². The zero-order valence-electron chi connectivity index (χ0n) is 14.9. The molecule has 0 aliphatic carbocycles. The molecule has 0 saturated heterocycles. The molecular weight excluding hydrogens is 335 g/mol. The minimum atomic E-state index is -1.52. The molecule has 3 rings (SSSR count). The molecule has 1 aliphatic rings. The molecule has 0 amide bonds. The van der Waals surface area contributed by atoms with Crippen molar-refractivity contribution in [2.75, 3.05) is 19.5 Å². The van der Waals surface area contributed by atoms with Crippen LogP contribution in [0.25, 0.3) is 0 Å². The minimum absolute atomic E-state index is 0.000720. The van der Waals surface area contributed by atoms with Crippen LogP contribution in [0.5, 0.6) is 11.5 Å². The Morgan fingerprint density at radius 3 is 2.50 bits per heavy atom. The first-order valence-electron chi connectivity index (χ1n) is 8.16. The summed E-state index contributed by atoms with van der Waals surface area (Å²) in [6.45, 7) is 2.34. The smallest absolute Gasteiger partial charge is 0.490 e. The van der Waals surface area contributed by atoms with Gasteiger partial charge in [0.1, 0.15) is 5.84 Å². The summed E-state index contributed by atoms with van der Waals surface area (Å²) >= 11 is 0.